The predicted octanol–water partition coefficient (Wildman–Crippen LogP) is 2.19. The molecule has 1 unspecified atom stereocenters. The molecule has 0 amide bonds. The van der Waals surface area contributed by atoms with Crippen molar-refractivity contribution in [2.24, 2.45) is 0 Å². The van der Waals surface area contributed by atoms with E-state index in [0.29, 0.717) is 17.7 Å². The summed E-state index contributed by atoms with van der Waals surface area (Å²) in [6, 6.07) is 12.2. The van der Waals surface area contributed by atoms with E-state index in [1.165, 1.54) is 0 Å². The van der Waals surface area contributed by atoms with Gasteiger partial charge in [-0.3, -0.25) is 0 Å². The molecular formula is C18H23NO4S. The number of hydrogen-bond acceptors (Lipinski definition) is 4. The van der Waals surface area contributed by atoms with Crippen LogP contribution < -0.4 is 9.46 Å². The highest BCUT2D eigenvalue weighted by atomic mass is 32.2. The molecule has 2 rings (SSSR count). The number of benzene rings is 2. The highest BCUT2D eigenvalue weighted by Crippen LogP contribution is 2.25. The van der Waals surface area contributed by atoms with Gasteiger partial charge < -0.3 is 9.84 Å². The summed E-state index contributed by atoms with van der Waals surface area (Å²) in [6.45, 7) is 3.24. The molecule has 0 radical (unpaired) electrons. The van der Waals surface area contributed by atoms with Crippen LogP contribution in [0.15, 0.2) is 47.4 Å². The predicted molar refractivity (Wildman–Crippen MR) is 93.8 cm³/mol. The lowest BCUT2D eigenvalue weighted by Gasteiger charge is -2.18. The minimum Gasteiger partial charge on any atom is -0.496 e. The Bertz CT molecular complexity index is 788. The first kappa shape index (κ1) is 18.4. The Balaban J connectivity index is 2.25. The highest BCUT2D eigenvalue weighted by Gasteiger charge is 2.23. The van der Waals surface area contributed by atoms with Crippen LogP contribution in [0.3, 0.4) is 0 Å². The topological polar surface area (TPSA) is 75.6 Å². The lowest BCUT2D eigenvalue weighted by atomic mass is 10.1. The summed E-state index contributed by atoms with van der Waals surface area (Å²) >= 11 is 0. The first-order valence-electron chi connectivity index (χ1n) is 7.69. The van der Waals surface area contributed by atoms with Crippen molar-refractivity contribution in [3.63, 3.8) is 0 Å². The minimum absolute atomic E-state index is 0.201. The lowest BCUT2D eigenvalue weighted by Crippen LogP contribution is -2.39. The molecule has 24 heavy (non-hydrogen) atoms. The number of nitrogens with one attached hydrogen (secondary N) is 1. The number of rotatable bonds is 7. The summed E-state index contributed by atoms with van der Waals surface area (Å²) in [7, 11) is -2.18. The average molecular weight is 349 g/mol. The summed E-state index contributed by atoms with van der Waals surface area (Å²) in [4.78, 5) is 0.201. The standard InChI is InChI=1S/C18H23NO4S/c1-13-10-18(14(2)9-17(13)23-3)24(21,22)19-16(12-20)11-15-7-5-4-6-8-15/h4-10,16,19-20H,11-12H2,1-3H3. The highest BCUT2D eigenvalue weighted by molar-refractivity contribution is 7.89. The number of aliphatic hydroxyl groups excluding tert-OH is 1. The van der Waals surface area contributed by atoms with E-state index in [1.807, 2.05) is 30.3 Å². The molecule has 0 heterocycles. The van der Waals surface area contributed by atoms with Crippen LogP contribution in [0, 0.1) is 13.8 Å². The van der Waals surface area contributed by atoms with Gasteiger partial charge in [0.05, 0.1) is 18.6 Å². The smallest absolute Gasteiger partial charge is 0.241 e. The largest absolute Gasteiger partial charge is 0.496 e. The van der Waals surface area contributed by atoms with Crippen molar-refractivity contribution in [3.05, 3.63) is 59.2 Å². The Morgan fingerprint density at radius 2 is 1.79 bits per heavy atom. The van der Waals surface area contributed by atoms with E-state index in [-0.39, 0.29) is 11.5 Å². The van der Waals surface area contributed by atoms with E-state index in [9.17, 15) is 13.5 Å². The quantitative estimate of drug-likeness (QED) is 0.803. The fraction of sp³-hybridized carbons (Fsp3) is 0.333. The van der Waals surface area contributed by atoms with Gasteiger partial charge in [0.15, 0.2) is 0 Å². The Kier molecular flexibility index (Phi) is 5.99. The molecule has 0 aromatic heterocycles. The third-order valence-electron chi connectivity index (χ3n) is 3.85. The summed E-state index contributed by atoms with van der Waals surface area (Å²) in [5, 5.41) is 9.56. The van der Waals surface area contributed by atoms with Crippen molar-refractivity contribution in [2.75, 3.05) is 13.7 Å². The molecule has 0 saturated heterocycles. The van der Waals surface area contributed by atoms with Crippen molar-refractivity contribution < 1.29 is 18.3 Å². The van der Waals surface area contributed by atoms with Crippen LogP contribution in [-0.4, -0.2) is 33.3 Å². The SMILES string of the molecule is COc1cc(C)c(S(=O)(=O)NC(CO)Cc2ccccc2)cc1C. The summed E-state index contributed by atoms with van der Waals surface area (Å²) < 4.78 is 33.2. The van der Waals surface area contributed by atoms with Gasteiger partial charge in [-0.25, -0.2) is 13.1 Å². The maximum atomic E-state index is 12.7. The van der Waals surface area contributed by atoms with E-state index in [4.69, 9.17) is 4.74 Å². The molecule has 0 aliphatic heterocycles. The second kappa shape index (κ2) is 7.79. The number of aliphatic hydroxyl groups is 1. The zero-order valence-corrected chi connectivity index (χ0v) is 14.9. The molecule has 0 saturated carbocycles. The molecule has 6 heteroatoms. The van der Waals surface area contributed by atoms with E-state index < -0.39 is 16.1 Å². The third kappa shape index (κ3) is 4.35. The van der Waals surface area contributed by atoms with Crippen LogP contribution in [0.5, 0.6) is 5.75 Å². The zero-order valence-electron chi connectivity index (χ0n) is 14.1. The Morgan fingerprint density at radius 1 is 1.12 bits per heavy atom. The van der Waals surface area contributed by atoms with Crippen molar-refractivity contribution in [2.45, 2.75) is 31.2 Å². The molecule has 0 spiro atoms. The Morgan fingerprint density at radius 3 is 2.38 bits per heavy atom. The molecule has 2 N–H and O–H groups in total. The normalized spacial score (nSPS) is 12.8. The molecule has 1 atom stereocenters. The molecule has 5 nitrogen and oxygen atoms in total. The first-order valence-corrected chi connectivity index (χ1v) is 9.18. The second-order valence-electron chi connectivity index (χ2n) is 5.78. The number of aryl methyl sites for hydroxylation is 2. The van der Waals surface area contributed by atoms with E-state index >= 15 is 0 Å². The van der Waals surface area contributed by atoms with Crippen LogP contribution >= 0.6 is 0 Å². The second-order valence-corrected chi connectivity index (χ2v) is 7.46. The van der Waals surface area contributed by atoms with E-state index in [2.05, 4.69) is 4.72 Å². The number of methoxy groups -OCH3 is 1. The van der Waals surface area contributed by atoms with E-state index in [1.54, 1.807) is 33.1 Å². The van der Waals surface area contributed by atoms with Crippen LogP contribution in [-0.2, 0) is 16.4 Å². The molecule has 0 aliphatic carbocycles. The molecule has 0 fully saturated rings. The Hall–Kier alpha value is -1.89. The van der Waals surface area contributed by atoms with Gasteiger partial charge in [0.1, 0.15) is 5.75 Å². The number of ether oxygens (including phenoxy) is 1. The first-order chi connectivity index (χ1) is 11.4. The van der Waals surface area contributed by atoms with Gasteiger partial charge in [0.2, 0.25) is 10.0 Å². The zero-order chi connectivity index (χ0) is 17.7. The van der Waals surface area contributed by atoms with Gasteiger partial charge in [-0.15, -0.1) is 0 Å². The summed E-state index contributed by atoms with van der Waals surface area (Å²) in [6.07, 6.45) is 0.421. The molecule has 2 aromatic rings. The van der Waals surface area contributed by atoms with Crippen molar-refractivity contribution in [3.8, 4) is 5.75 Å². The van der Waals surface area contributed by atoms with Gasteiger partial charge in [-0.1, -0.05) is 30.3 Å². The fourth-order valence-corrected chi connectivity index (χ4v) is 4.14. The average Bonchev–Trinajstić information content (AvgIpc) is 2.56. The van der Waals surface area contributed by atoms with Crippen LogP contribution in [0.1, 0.15) is 16.7 Å². The van der Waals surface area contributed by atoms with Crippen LogP contribution in [0.2, 0.25) is 0 Å². The van der Waals surface area contributed by atoms with Gasteiger partial charge in [-0.05, 0) is 49.1 Å². The summed E-state index contributed by atoms with van der Waals surface area (Å²) in [5.41, 5.74) is 2.30. The molecule has 130 valence electrons. The third-order valence-corrected chi connectivity index (χ3v) is 5.51. The van der Waals surface area contributed by atoms with Crippen molar-refractivity contribution in [1.29, 1.82) is 0 Å². The lowest BCUT2D eigenvalue weighted by molar-refractivity contribution is 0.256. The molecule has 0 aliphatic rings. The van der Waals surface area contributed by atoms with Crippen molar-refractivity contribution in [1.82, 2.24) is 4.72 Å². The Labute approximate surface area is 143 Å². The van der Waals surface area contributed by atoms with Gasteiger partial charge in [-0.2, -0.15) is 0 Å². The van der Waals surface area contributed by atoms with E-state index in [0.717, 1.165) is 11.1 Å². The maximum Gasteiger partial charge on any atom is 0.241 e. The molecule has 2 aromatic carbocycles. The number of sulfonamides is 1. The van der Waals surface area contributed by atoms with Gasteiger partial charge >= 0.3 is 0 Å². The van der Waals surface area contributed by atoms with Crippen molar-refractivity contribution >= 4 is 10.0 Å². The fourth-order valence-electron chi connectivity index (χ4n) is 2.60. The molecular weight excluding hydrogens is 326 g/mol. The monoisotopic (exact) mass is 349 g/mol. The van der Waals surface area contributed by atoms with Crippen LogP contribution in [0.4, 0.5) is 0 Å². The minimum atomic E-state index is -3.74. The maximum absolute atomic E-state index is 12.7. The summed E-state index contributed by atoms with van der Waals surface area (Å²) in [5.74, 6) is 0.648. The van der Waals surface area contributed by atoms with Gasteiger partial charge in [0.25, 0.3) is 0 Å². The van der Waals surface area contributed by atoms with Crippen LogP contribution in [0.25, 0.3) is 0 Å². The van der Waals surface area contributed by atoms with Gasteiger partial charge in [0, 0.05) is 6.04 Å². The number of hydrogen-bond donors (Lipinski definition) is 2. The molecule has 0 bridgehead atoms.